The number of rotatable bonds is 2. The molecular weight excluding hydrogens is 360 g/mol. The molecule has 1 aliphatic heterocycles. The molecule has 1 aliphatic rings. The molecule has 0 aromatic heterocycles. The Kier molecular flexibility index (Phi) is 4.01. The van der Waals surface area contributed by atoms with Gasteiger partial charge in [0.15, 0.2) is 17.3 Å². The maximum Gasteiger partial charge on any atom is 0.363 e. The van der Waals surface area contributed by atoms with Gasteiger partial charge in [-0.1, -0.05) is 48.0 Å². The Balaban J connectivity index is 1.73. The van der Waals surface area contributed by atoms with Crippen LogP contribution in [0.2, 0.25) is 5.02 Å². The van der Waals surface area contributed by atoms with Crippen molar-refractivity contribution in [2.45, 2.75) is 0 Å². The van der Waals surface area contributed by atoms with Gasteiger partial charge >= 0.3 is 5.97 Å². The zero-order valence-electron chi connectivity index (χ0n) is 13.2. The first kappa shape index (κ1) is 16.4. The van der Waals surface area contributed by atoms with E-state index in [1.807, 2.05) is 42.5 Å². The zero-order chi connectivity index (χ0) is 18.3. The molecule has 0 N–H and O–H groups in total. The lowest BCUT2D eigenvalue weighted by atomic mass is 10.1. The highest BCUT2D eigenvalue weighted by atomic mass is 35.5. The third-order valence-corrected chi connectivity index (χ3v) is 4.25. The summed E-state index contributed by atoms with van der Waals surface area (Å²) in [5.74, 6) is -3.04. The fourth-order valence-corrected chi connectivity index (χ4v) is 2.90. The molecule has 0 aliphatic carbocycles. The molecule has 1 heterocycles. The number of nitrogens with zero attached hydrogens (tertiary/aromatic N) is 1. The molecule has 0 saturated carbocycles. The Bertz CT molecular complexity index is 1120. The third kappa shape index (κ3) is 2.97. The molecule has 0 atom stereocenters. The molecule has 128 valence electrons. The van der Waals surface area contributed by atoms with Crippen molar-refractivity contribution in [1.82, 2.24) is 0 Å². The normalized spacial score (nSPS) is 15.4. The molecule has 0 radical (unpaired) electrons. The van der Waals surface area contributed by atoms with Gasteiger partial charge in [0.2, 0.25) is 5.90 Å². The third-order valence-electron chi connectivity index (χ3n) is 3.94. The average Bonchev–Trinajstić information content (AvgIpc) is 2.98. The van der Waals surface area contributed by atoms with Crippen LogP contribution in [0.5, 0.6) is 0 Å². The van der Waals surface area contributed by atoms with Crippen molar-refractivity contribution in [2.75, 3.05) is 0 Å². The van der Waals surface area contributed by atoms with Gasteiger partial charge < -0.3 is 4.74 Å². The van der Waals surface area contributed by atoms with E-state index in [1.54, 1.807) is 6.08 Å². The first-order chi connectivity index (χ1) is 12.5. The molecule has 0 saturated heterocycles. The number of fused-ring (bicyclic) bond motifs is 1. The van der Waals surface area contributed by atoms with Gasteiger partial charge in [0.25, 0.3) is 0 Å². The molecule has 26 heavy (non-hydrogen) atoms. The number of cyclic esters (lactones) is 1. The summed E-state index contributed by atoms with van der Waals surface area (Å²) < 4.78 is 31.7. The maximum atomic E-state index is 13.5. The monoisotopic (exact) mass is 369 g/mol. The summed E-state index contributed by atoms with van der Waals surface area (Å²) in [7, 11) is 0. The van der Waals surface area contributed by atoms with Crippen LogP contribution in [0.1, 0.15) is 11.1 Å². The van der Waals surface area contributed by atoms with Gasteiger partial charge in [0.05, 0.1) is 10.6 Å². The van der Waals surface area contributed by atoms with Crippen molar-refractivity contribution in [3.63, 3.8) is 0 Å². The predicted octanol–water partition coefficient (Wildman–Crippen LogP) is 5.12. The van der Waals surface area contributed by atoms with Crippen LogP contribution in [0, 0.1) is 11.6 Å². The van der Waals surface area contributed by atoms with Crippen LogP contribution in [0.15, 0.2) is 65.3 Å². The van der Waals surface area contributed by atoms with Crippen molar-refractivity contribution in [1.29, 1.82) is 0 Å². The average molecular weight is 370 g/mol. The molecule has 3 nitrogen and oxygen atoms in total. The largest absolute Gasteiger partial charge is 0.402 e. The Morgan fingerprint density at radius 1 is 0.962 bits per heavy atom. The predicted molar refractivity (Wildman–Crippen MR) is 95.9 cm³/mol. The van der Waals surface area contributed by atoms with Crippen LogP contribution in [-0.2, 0) is 9.53 Å². The molecule has 4 rings (SSSR count). The lowest BCUT2D eigenvalue weighted by molar-refractivity contribution is -0.129. The number of benzene rings is 3. The molecule has 3 aromatic rings. The molecule has 0 spiro atoms. The number of carbonyl (C=O) groups is 1. The van der Waals surface area contributed by atoms with Gasteiger partial charge in [-0.15, -0.1) is 0 Å². The molecule has 0 unspecified atom stereocenters. The summed E-state index contributed by atoms with van der Waals surface area (Å²) in [5, 5.41) is 1.99. The molecule has 3 aromatic carbocycles. The van der Waals surface area contributed by atoms with E-state index in [0.29, 0.717) is 0 Å². The minimum Gasteiger partial charge on any atom is -0.402 e. The van der Waals surface area contributed by atoms with Crippen LogP contribution >= 0.6 is 11.6 Å². The highest BCUT2D eigenvalue weighted by Crippen LogP contribution is 2.26. The van der Waals surface area contributed by atoms with Crippen molar-refractivity contribution < 1.29 is 18.3 Å². The van der Waals surface area contributed by atoms with Gasteiger partial charge in [0.1, 0.15) is 0 Å². The Labute approximate surface area is 152 Å². The van der Waals surface area contributed by atoms with Crippen LogP contribution in [0.3, 0.4) is 0 Å². The zero-order valence-corrected chi connectivity index (χ0v) is 13.9. The molecule has 0 fully saturated rings. The van der Waals surface area contributed by atoms with Crippen molar-refractivity contribution >= 4 is 40.3 Å². The van der Waals surface area contributed by atoms with Gasteiger partial charge in [0, 0.05) is 0 Å². The highest BCUT2D eigenvalue weighted by molar-refractivity contribution is 6.34. The minimum absolute atomic E-state index is 0.0147. The number of aliphatic imine (C=N–C) groups is 1. The van der Waals surface area contributed by atoms with Crippen LogP contribution in [0.25, 0.3) is 16.8 Å². The second-order valence-electron chi connectivity index (χ2n) is 5.69. The van der Waals surface area contributed by atoms with E-state index in [-0.39, 0.29) is 22.2 Å². The molecule has 6 heteroatoms. The highest BCUT2D eigenvalue weighted by Gasteiger charge is 2.26. The molecular formula is C20H10ClF2NO2. The number of hydrogen-bond acceptors (Lipinski definition) is 3. The standard InChI is InChI=1S/C20H10ClF2NO2/c21-15-10-17(23)16(22)9-14(15)19-24-18(20(25)26-19)8-11-5-6-12-3-1-2-4-13(12)7-11/h1-10H. The molecule has 0 bridgehead atoms. The fraction of sp³-hybridized carbons (Fsp3) is 0. The SMILES string of the molecule is O=C1OC(c2cc(F)c(F)cc2Cl)=NC1=Cc1ccc2ccccc2c1. The van der Waals surface area contributed by atoms with E-state index in [0.717, 1.165) is 28.5 Å². The van der Waals surface area contributed by atoms with Crippen molar-refractivity contribution in [3.05, 3.63) is 88.1 Å². The van der Waals surface area contributed by atoms with E-state index < -0.39 is 17.6 Å². The molecule has 0 amide bonds. The lowest BCUT2D eigenvalue weighted by Gasteiger charge is -2.03. The maximum absolute atomic E-state index is 13.5. The van der Waals surface area contributed by atoms with Crippen LogP contribution < -0.4 is 0 Å². The Morgan fingerprint density at radius 2 is 1.69 bits per heavy atom. The van der Waals surface area contributed by atoms with Gasteiger partial charge in [-0.05, 0) is 40.6 Å². The topological polar surface area (TPSA) is 38.7 Å². The van der Waals surface area contributed by atoms with Crippen LogP contribution in [0.4, 0.5) is 8.78 Å². The van der Waals surface area contributed by atoms with Gasteiger partial charge in [-0.25, -0.2) is 18.6 Å². The van der Waals surface area contributed by atoms with Crippen molar-refractivity contribution in [3.8, 4) is 0 Å². The van der Waals surface area contributed by atoms with Gasteiger partial charge in [-0.3, -0.25) is 0 Å². The summed E-state index contributed by atoms with van der Waals surface area (Å²) in [6.07, 6.45) is 1.57. The smallest absolute Gasteiger partial charge is 0.363 e. The summed E-state index contributed by atoms with van der Waals surface area (Å²) in [4.78, 5) is 16.2. The summed E-state index contributed by atoms with van der Waals surface area (Å²) >= 11 is 5.90. The Hall–Kier alpha value is -3.05. The minimum atomic E-state index is -1.10. The number of esters is 1. The second kappa shape index (κ2) is 6.35. The van der Waals surface area contributed by atoms with E-state index in [4.69, 9.17) is 16.3 Å². The number of halogens is 3. The van der Waals surface area contributed by atoms with Crippen LogP contribution in [-0.4, -0.2) is 11.9 Å². The number of ether oxygens (including phenoxy) is 1. The summed E-state index contributed by atoms with van der Waals surface area (Å²) in [6.45, 7) is 0. The van der Waals surface area contributed by atoms with Crippen molar-refractivity contribution in [2.24, 2.45) is 4.99 Å². The first-order valence-electron chi connectivity index (χ1n) is 7.67. The van der Waals surface area contributed by atoms with E-state index in [9.17, 15) is 13.6 Å². The van der Waals surface area contributed by atoms with Gasteiger partial charge in [-0.2, -0.15) is 0 Å². The van der Waals surface area contributed by atoms with E-state index in [1.165, 1.54) is 0 Å². The summed E-state index contributed by atoms with van der Waals surface area (Å²) in [6, 6.07) is 15.2. The first-order valence-corrected chi connectivity index (χ1v) is 8.05. The van der Waals surface area contributed by atoms with E-state index in [2.05, 4.69) is 4.99 Å². The number of carbonyl (C=O) groups excluding carboxylic acids is 1. The second-order valence-corrected chi connectivity index (χ2v) is 6.10. The Morgan fingerprint density at radius 3 is 2.50 bits per heavy atom. The summed E-state index contributed by atoms with van der Waals surface area (Å²) in [5.41, 5.74) is 0.828. The van der Waals surface area contributed by atoms with E-state index >= 15 is 0 Å². The number of hydrogen-bond donors (Lipinski definition) is 0. The quantitative estimate of drug-likeness (QED) is 0.357. The fourth-order valence-electron chi connectivity index (χ4n) is 2.67. The lowest BCUT2D eigenvalue weighted by Crippen LogP contribution is -2.07.